The van der Waals surface area contributed by atoms with Crippen molar-refractivity contribution in [1.82, 2.24) is 5.32 Å². The Labute approximate surface area is 125 Å². The monoisotopic (exact) mass is 308 g/mol. The lowest BCUT2D eigenvalue weighted by molar-refractivity contribution is -0.115. The number of rotatable bonds is 6. The molecule has 0 spiro atoms. The highest BCUT2D eigenvalue weighted by molar-refractivity contribution is 6.33. The summed E-state index contributed by atoms with van der Waals surface area (Å²) in [4.78, 5) is 22.6. The molecule has 1 heterocycles. The Hall–Kier alpha value is -2.31. The van der Waals surface area contributed by atoms with E-state index >= 15 is 0 Å². The molecule has 0 atom stereocenters. The van der Waals surface area contributed by atoms with Crippen molar-refractivity contribution in [2.45, 2.75) is 6.54 Å². The highest BCUT2D eigenvalue weighted by Crippen LogP contribution is 2.22. The van der Waals surface area contributed by atoms with E-state index in [1.807, 2.05) is 0 Å². The number of carbonyl (C=O) groups excluding carboxylic acids is 1. The van der Waals surface area contributed by atoms with Gasteiger partial charge >= 0.3 is 5.97 Å². The molecule has 0 saturated heterocycles. The smallest absolute Gasteiger partial charge is 0.335 e. The van der Waals surface area contributed by atoms with Crippen molar-refractivity contribution < 1.29 is 19.1 Å². The maximum Gasteiger partial charge on any atom is 0.335 e. The Balaban J connectivity index is 1.90. The SMILES string of the molecule is O=C(CNCc1ccoc1)Nc1cc(C(=O)O)ccc1Cl. The number of furan rings is 1. The standard InChI is InChI=1S/C14H13ClN2O4/c15-11-2-1-10(14(19)20)5-12(11)17-13(18)7-16-6-9-3-4-21-8-9/h1-5,8,16H,6-7H2,(H,17,18)(H,19,20). The molecule has 0 aliphatic carbocycles. The summed E-state index contributed by atoms with van der Waals surface area (Å²) in [5, 5.41) is 14.7. The van der Waals surface area contributed by atoms with Gasteiger partial charge in [0.05, 0.1) is 35.3 Å². The Bertz CT molecular complexity index is 640. The Morgan fingerprint density at radius 2 is 2.10 bits per heavy atom. The van der Waals surface area contributed by atoms with Crippen LogP contribution in [0.4, 0.5) is 5.69 Å². The molecule has 2 rings (SSSR count). The van der Waals surface area contributed by atoms with Crippen molar-refractivity contribution in [1.29, 1.82) is 0 Å². The molecule has 0 unspecified atom stereocenters. The molecule has 1 amide bonds. The summed E-state index contributed by atoms with van der Waals surface area (Å²) in [6, 6.07) is 5.91. The second-order valence-corrected chi connectivity index (χ2v) is 4.69. The number of hydrogen-bond donors (Lipinski definition) is 3. The summed E-state index contributed by atoms with van der Waals surface area (Å²) < 4.78 is 4.91. The van der Waals surface area contributed by atoms with Crippen LogP contribution in [0.1, 0.15) is 15.9 Å². The van der Waals surface area contributed by atoms with Crippen LogP contribution in [-0.4, -0.2) is 23.5 Å². The maximum absolute atomic E-state index is 11.8. The number of anilines is 1. The molecule has 0 saturated carbocycles. The van der Waals surface area contributed by atoms with Crippen LogP contribution >= 0.6 is 11.6 Å². The molecule has 0 radical (unpaired) electrons. The van der Waals surface area contributed by atoms with Crippen LogP contribution in [0.5, 0.6) is 0 Å². The molecule has 6 nitrogen and oxygen atoms in total. The Morgan fingerprint density at radius 3 is 2.76 bits per heavy atom. The molecule has 0 aliphatic rings. The third-order valence-corrected chi connectivity index (χ3v) is 3.01. The molecule has 0 bridgehead atoms. The van der Waals surface area contributed by atoms with E-state index in [1.165, 1.54) is 18.2 Å². The molecule has 7 heteroatoms. The average molecular weight is 309 g/mol. The topological polar surface area (TPSA) is 91.6 Å². The van der Waals surface area contributed by atoms with Crippen LogP contribution in [0.3, 0.4) is 0 Å². The normalized spacial score (nSPS) is 10.3. The zero-order chi connectivity index (χ0) is 15.2. The number of carboxylic acids is 1. The van der Waals surface area contributed by atoms with E-state index in [-0.39, 0.29) is 28.7 Å². The van der Waals surface area contributed by atoms with Crippen LogP contribution in [-0.2, 0) is 11.3 Å². The van der Waals surface area contributed by atoms with E-state index in [2.05, 4.69) is 10.6 Å². The molecule has 110 valence electrons. The van der Waals surface area contributed by atoms with Gasteiger partial charge in [-0.1, -0.05) is 11.6 Å². The third kappa shape index (κ3) is 4.34. The molecule has 0 fully saturated rings. The van der Waals surface area contributed by atoms with Gasteiger partial charge in [0.25, 0.3) is 0 Å². The molecule has 0 aliphatic heterocycles. The molecule has 21 heavy (non-hydrogen) atoms. The van der Waals surface area contributed by atoms with Gasteiger partial charge in [0, 0.05) is 12.1 Å². The van der Waals surface area contributed by atoms with E-state index in [0.717, 1.165) is 5.56 Å². The summed E-state index contributed by atoms with van der Waals surface area (Å²) in [7, 11) is 0. The number of halogens is 1. The number of amides is 1. The number of hydrogen-bond acceptors (Lipinski definition) is 4. The predicted molar refractivity (Wildman–Crippen MR) is 77.5 cm³/mol. The first kappa shape index (κ1) is 15.1. The largest absolute Gasteiger partial charge is 0.478 e. The van der Waals surface area contributed by atoms with Crippen molar-refractivity contribution in [2.24, 2.45) is 0 Å². The van der Waals surface area contributed by atoms with Crippen LogP contribution in [0.25, 0.3) is 0 Å². The summed E-state index contributed by atoms with van der Waals surface area (Å²) in [6.45, 7) is 0.561. The van der Waals surface area contributed by atoms with Gasteiger partial charge in [-0.3, -0.25) is 4.79 Å². The third-order valence-electron chi connectivity index (χ3n) is 2.68. The van der Waals surface area contributed by atoms with Gasteiger partial charge in [0.1, 0.15) is 0 Å². The summed E-state index contributed by atoms with van der Waals surface area (Å²) in [5.74, 6) is -1.40. The van der Waals surface area contributed by atoms with Crippen molar-refractivity contribution in [2.75, 3.05) is 11.9 Å². The first-order chi connectivity index (χ1) is 10.1. The lowest BCUT2D eigenvalue weighted by atomic mass is 10.2. The van der Waals surface area contributed by atoms with E-state index in [4.69, 9.17) is 21.1 Å². The van der Waals surface area contributed by atoms with Gasteiger partial charge in [0.15, 0.2) is 0 Å². The quantitative estimate of drug-likeness (QED) is 0.762. The minimum Gasteiger partial charge on any atom is -0.478 e. The molecule has 1 aromatic heterocycles. The average Bonchev–Trinajstić information content (AvgIpc) is 2.94. The molecule has 1 aromatic carbocycles. The minimum atomic E-state index is -1.08. The van der Waals surface area contributed by atoms with Gasteiger partial charge in [0.2, 0.25) is 5.91 Å². The Morgan fingerprint density at radius 1 is 1.29 bits per heavy atom. The number of carboxylic acid groups (broad SMARTS) is 1. The first-order valence-corrected chi connectivity index (χ1v) is 6.48. The van der Waals surface area contributed by atoms with Gasteiger partial charge in [-0.05, 0) is 24.3 Å². The van der Waals surface area contributed by atoms with Crippen molar-refractivity contribution in [3.05, 3.63) is 52.9 Å². The highest BCUT2D eigenvalue weighted by atomic mass is 35.5. The van der Waals surface area contributed by atoms with Crippen molar-refractivity contribution >= 4 is 29.2 Å². The molecular formula is C14H13ClN2O4. The fourth-order valence-electron chi connectivity index (χ4n) is 1.66. The Kier molecular flexibility index (Phi) is 4.97. The van der Waals surface area contributed by atoms with Crippen molar-refractivity contribution in [3.63, 3.8) is 0 Å². The number of nitrogens with one attached hydrogen (secondary N) is 2. The summed E-state index contributed by atoms with van der Waals surface area (Å²) >= 11 is 5.92. The van der Waals surface area contributed by atoms with Gasteiger partial charge < -0.3 is 20.2 Å². The van der Waals surface area contributed by atoms with Gasteiger partial charge in [-0.15, -0.1) is 0 Å². The van der Waals surface area contributed by atoms with E-state index < -0.39 is 5.97 Å². The van der Waals surface area contributed by atoms with Crippen LogP contribution in [0.2, 0.25) is 5.02 Å². The van der Waals surface area contributed by atoms with E-state index in [9.17, 15) is 9.59 Å². The molecule has 3 N–H and O–H groups in total. The zero-order valence-corrected chi connectivity index (χ0v) is 11.7. The fourth-order valence-corrected chi connectivity index (χ4v) is 1.83. The lowest BCUT2D eigenvalue weighted by Gasteiger charge is -2.08. The zero-order valence-electron chi connectivity index (χ0n) is 10.9. The van der Waals surface area contributed by atoms with Gasteiger partial charge in [-0.2, -0.15) is 0 Å². The first-order valence-electron chi connectivity index (χ1n) is 6.11. The van der Waals surface area contributed by atoms with Crippen LogP contribution in [0.15, 0.2) is 41.2 Å². The van der Waals surface area contributed by atoms with E-state index in [0.29, 0.717) is 6.54 Å². The van der Waals surface area contributed by atoms with E-state index in [1.54, 1.807) is 18.6 Å². The highest BCUT2D eigenvalue weighted by Gasteiger charge is 2.10. The fraction of sp³-hybridized carbons (Fsp3) is 0.143. The number of aromatic carboxylic acids is 1. The predicted octanol–water partition coefficient (Wildman–Crippen LogP) is 2.36. The number of benzene rings is 1. The van der Waals surface area contributed by atoms with Crippen LogP contribution in [0, 0.1) is 0 Å². The molecular weight excluding hydrogens is 296 g/mol. The van der Waals surface area contributed by atoms with Crippen LogP contribution < -0.4 is 10.6 Å². The second kappa shape index (κ2) is 6.92. The summed E-state index contributed by atoms with van der Waals surface area (Å²) in [5.41, 5.74) is 1.25. The maximum atomic E-state index is 11.8. The lowest BCUT2D eigenvalue weighted by Crippen LogP contribution is -2.27. The molecule has 2 aromatic rings. The minimum absolute atomic E-state index is 0.0565. The van der Waals surface area contributed by atoms with Gasteiger partial charge in [-0.25, -0.2) is 4.79 Å². The number of carbonyl (C=O) groups is 2. The van der Waals surface area contributed by atoms with Crippen molar-refractivity contribution in [3.8, 4) is 0 Å². The second-order valence-electron chi connectivity index (χ2n) is 4.28. The summed E-state index contributed by atoms with van der Waals surface area (Å²) in [6.07, 6.45) is 3.13.